The van der Waals surface area contributed by atoms with Crippen LogP contribution in [0.3, 0.4) is 0 Å². The molecule has 202 valence electrons. The fourth-order valence-electron chi connectivity index (χ4n) is 5.27. The summed E-state index contributed by atoms with van der Waals surface area (Å²) >= 11 is 7.67. The van der Waals surface area contributed by atoms with E-state index in [1.54, 1.807) is 0 Å². The van der Waals surface area contributed by atoms with Crippen LogP contribution in [0.2, 0.25) is 5.02 Å². The molecular weight excluding hydrogens is 550 g/mol. The van der Waals surface area contributed by atoms with Crippen molar-refractivity contribution in [2.24, 2.45) is 11.1 Å². The largest absolute Gasteiger partial charge is 0.393 e. The minimum absolute atomic E-state index is 0.215. The van der Waals surface area contributed by atoms with Crippen molar-refractivity contribution in [3.05, 3.63) is 74.3 Å². The molecule has 2 aliphatic rings. The zero-order valence-electron chi connectivity index (χ0n) is 20.6. The number of hydrogen-bond acceptors (Lipinski definition) is 10. The predicted molar refractivity (Wildman–Crippen MR) is 145 cm³/mol. The molecule has 1 aromatic carbocycles. The minimum Gasteiger partial charge on any atom is -0.393 e. The van der Waals surface area contributed by atoms with Gasteiger partial charge < -0.3 is 15.7 Å². The van der Waals surface area contributed by atoms with E-state index in [9.17, 15) is 18.3 Å². The Kier molecular flexibility index (Phi) is 7.57. The minimum atomic E-state index is -4.10. The van der Waals surface area contributed by atoms with Crippen LogP contribution in [0, 0.1) is 5.92 Å². The number of ketones is 1. The number of nitrogens with one attached hydrogen (secondary N) is 2. The molecule has 0 bridgehead atoms. The smallest absolute Gasteiger partial charge is 0.333 e. The van der Waals surface area contributed by atoms with Gasteiger partial charge in [-0.3, -0.25) is 8.98 Å². The number of rotatable bonds is 8. The monoisotopic (exact) mass is 577 g/mol. The average Bonchev–Trinajstić information content (AvgIpc) is 3.50. The van der Waals surface area contributed by atoms with Gasteiger partial charge in [0.15, 0.2) is 0 Å². The van der Waals surface area contributed by atoms with E-state index in [-0.39, 0.29) is 18.4 Å². The van der Waals surface area contributed by atoms with Crippen molar-refractivity contribution in [1.29, 1.82) is 0 Å². The second-order valence-corrected chi connectivity index (χ2v) is 12.4. The third-order valence-corrected chi connectivity index (χ3v) is 8.91. The molecule has 2 aromatic heterocycles. The third kappa shape index (κ3) is 5.62. The molecule has 1 saturated carbocycles. The first-order valence-corrected chi connectivity index (χ1v) is 14.9. The Morgan fingerprint density at radius 3 is 2.97 bits per heavy atom. The van der Waals surface area contributed by atoms with Crippen molar-refractivity contribution in [3.63, 3.8) is 0 Å². The van der Waals surface area contributed by atoms with Gasteiger partial charge in [-0.15, -0.1) is 11.3 Å². The SMILES string of the molecule is C[C@]1(c2csc(C(=O)c3cncnc3N[C@@H]3C[C@H](COS(N)(=O)=O)[C@@H](O)C3)c2)NCCc2ccc(Cl)cc21. The molecule has 3 aromatic rings. The van der Waals surface area contributed by atoms with Gasteiger partial charge in [0.2, 0.25) is 5.78 Å². The van der Waals surface area contributed by atoms with Crippen LogP contribution in [-0.4, -0.2) is 54.6 Å². The highest BCUT2D eigenvalue weighted by atomic mass is 35.5. The maximum Gasteiger partial charge on any atom is 0.333 e. The molecule has 0 unspecified atom stereocenters. The van der Waals surface area contributed by atoms with E-state index in [1.165, 1.54) is 29.4 Å². The van der Waals surface area contributed by atoms with Gasteiger partial charge in [0, 0.05) is 29.7 Å². The Morgan fingerprint density at radius 1 is 1.37 bits per heavy atom. The van der Waals surface area contributed by atoms with Crippen LogP contribution in [0.5, 0.6) is 0 Å². The Balaban J connectivity index is 1.35. The number of nitrogens with zero attached hydrogens (tertiary/aromatic N) is 2. The molecule has 1 aliphatic carbocycles. The van der Waals surface area contributed by atoms with Gasteiger partial charge in [0.05, 0.1) is 28.7 Å². The van der Waals surface area contributed by atoms with E-state index in [4.69, 9.17) is 16.7 Å². The van der Waals surface area contributed by atoms with E-state index >= 15 is 0 Å². The summed E-state index contributed by atoms with van der Waals surface area (Å²) in [6.45, 7) is 2.69. The van der Waals surface area contributed by atoms with Gasteiger partial charge in [-0.1, -0.05) is 17.7 Å². The zero-order chi connectivity index (χ0) is 27.1. The average molecular weight is 578 g/mol. The first-order valence-electron chi connectivity index (χ1n) is 12.1. The quantitative estimate of drug-likeness (QED) is 0.295. The number of hydrogen-bond donors (Lipinski definition) is 4. The Hall–Kier alpha value is -2.45. The highest BCUT2D eigenvalue weighted by molar-refractivity contribution is 7.84. The van der Waals surface area contributed by atoms with E-state index < -0.39 is 27.9 Å². The van der Waals surface area contributed by atoms with Crippen molar-refractivity contribution in [1.82, 2.24) is 15.3 Å². The van der Waals surface area contributed by atoms with E-state index in [0.717, 1.165) is 24.1 Å². The highest BCUT2D eigenvalue weighted by Gasteiger charge is 2.36. The third-order valence-electron chi connectivity index (χ3n) is 7.29. The fourth-order valence-corrected chi connectivity index (χ4v) is 6.77. The van der Waals surface area contributed by atoms with E-state index in [1.807, 2.05) is 23.6 Å². The number of carbonyl (C=O) groups excluding carboxylic acids is 1. The molecule has 0 saturated heterocycles. The number of thiophene rings is 1. The topological polar surface area (TPSA) is 157 Å². The zero-order valence-corrected chi connectivity index (χ0v) is 22.9. The lowest BCUT2D eigenvalue weighted by Crippen LogP contribution is -2.45. The summed E-state index contributed by atoms with van der Waals surface area (Å²) in [6.07, 6.45) is 3.70. The van der Waals surface area contributed by atoms with E-state index in [0.29, 0.717) is 34.1 Å². The number of aliphatic hydroxyl groups excluding tert-OH is 1. The van der Waals surface area contributed by atoms with Gasteiger partial charge in [-0.2, -0.15) is 8.42 Å². The Bertz CT molecular complexity index is 1470. The van der Waals surface area contributed by atoms with Crippen LogP contribution >= 0.6 is 22.9 Å². The van der Waals surface area contributed by atoms with E-state index in [2.05, 4.69) is 37.8 Å². The lowest BCUT2D eigenvalue weighted by molar-refractivity contribution is 0.101. The standard InChI is InChI=1S/C25H28ClN5O5S2/c1-25(20-8-17(26)3-2-14(20)4-5-30-25)16-7-22(37-12-16)23(33)19-10-28-13-29-24(19)31-18-6-15(21(32)9-18)11-36-38(27,34)35/h2-3,7-8,10,12-13,15,18,21,30,32H,4-6,9,11H2,1H3,(H2,27,34,35)(H,28,29,31)/t15-,18-,21+,25-/m1/s1. The lowest BCUT2D eigenvalue weighted by atomic mass is 9.79. The number of aromatic nitrogens is 2. The molecule has 13 heteroatoms. The summed E-state index contributed by atoms with van der Waals surface area (Å²) in [5.74, 6) is -0.293. The second kappa shape index (κ2) is 10.6. The van der Waals surface area contributed by atoms with Crippen LogP contribution in [0.15, 0.2) is 42.2 Å². The van der Waals surface area contributed by atoms with Crippen molar-refractivity contribution in [2.45, 2.75) is 43.9 Å². The summed E-state index contributed by atoms with van der Waals surface area (Å²) in [7, 11) is -4.10. The van der Waals surface area contributed by atoms with Crippen LogP contribution in [0.1, 0.15) is 51.7 Å². The lowest BCUT2D eigenvalue weighted by Gasteiger charge is -2.37. The number of carbonyl (C=O) groups is 1. The van der Waals surface area contributed by atoms with Crippen LogP contribution in [0.4, 0.5) is 5.82 Å². The Morgan fingerprint density at radius 2 is 2.18 bits per heavy atom. The molecule has 1 aliphatic heterocycles. The van der Waals surface area contributed by atoms with Gasteiger partial charge >= 0.3 is 10.3 Å². The van der Waals surface area contributed by atoms with Crippen LogP contribution < -0.4 is 15.8 Å². The number of nitrogens with two attached hydrogens (primary N) is 1. The number of aliphatic hydroxyl groups is 1. The van der Waals surface area contributed by atoms with Gasteiger partial charge in [-0.05, 0) is 66.5 Å². The first-order chi connectivity index (χ1) is 18.0. The molecule has 10 nitrogen and oxygen atoms in total. The second-order valence-electron chi connectivity index (χ2n) is 9.83. The van der Waals surface area contributed by atoms with Crippen molar-refractivity contribution < 1.29 is 22.5 Å². The molecule has 5 N–H and O–H groups in total. The maximum atomic E-state index is 13.6. The molecule has 5 rings (SSSR count). The van der Waals surface area contributed by atoms with Crippen molar-refractivity contribution in [2.75, 3.05) is 18.5 Å². The maximum absolute atomic E-state index is 13.6. The summed E-state index contributed by atoms with van der Waals surface area (Å²) in [4.78, 5) is 22.5. The summed E-state index contributed by atoms with van der Waals surface area (Å²) < 4.78 is 26.9. The Labute approximate surface area is 229 Å². The number of benzene rings is 1. The first kappa shape index (κ1) is 27.1. The molecule has 1 fully saturated rings. The molecule has 4 atom stereocenters. The summed E-state index contributed by atoms with van der Waals surface area (Å²) in [5.41, 5.74) is 3.11. The fraction of sp³-hybridized carbons (Fsp3) is 0.400. The molecule has 0 spiro atoms. The molecule has 3 heterocycles. The van der Waals surface area contributed by atoms with Crippen molar-refractivity contribution >= 4 is 44.8 Å². The number of halogens is 1. The van der Waals surface area contributed by atoms with Crippen LogP contribution in [-0.2, 0) is 26.4 Å². The summed E-state index contributed by atoms with van der Waals surface area (Å²) in [6, 6.07) is 7.59. The number of anilines is 1. The molecule has 38 heavy (non-hydrogen) atoms. The number of fused-ring (bicyclic) bond motifs is 1. The molecular formula is C25H28ClN5O5S2. The van der Waals surface area contributed by atoms with Crippen LogP contribution in [0.25, 0.3) is 0 Å². The highest BCUT2D eigenvalue weighted by Crippen LogP contribution is 2.38. The van der Waals surface area contributed by atoms with Gasteiger partial charge in [0.25, 0.3) is 0 Å². The predicted octanol–water partition coefficient (Wildman–Crippen LogP) is 2.60. The van der Waals surface area contributed by atoms with Crippen molar-refractivity contribution in [3.8, 4) is 0 Å². The van der Waals surface area contributed by atoms with Gasteiger partial charge in [0.1, 0.15) is 12.1 Å². The molecule has 0 radical (unpaired) electrons. The molecule has 0 amide bonds. The normalized spacial score (nSPS) is 25.2. The summed E-state index contributed by atoms with van der Waals surface area (Å²) in [5, 5.41) is 24.7. The van der Waals surface area contributed by atoms with Gasteiger partial charge in [-0.25, -0.2) is 15.1 Å².